The first-order valence-electron chi connectivity index (χ1n) is 7.28. The Morgan fingerprint density at radius 2 is 2.13 bits per heavy atom. The molecule has 0 radical (unpaired) electrons. The van der Waals surface area contributed by atoms with Gasteiger partial charge in [-0.05, 0) is 23.8 Å². The van der Waals surface area contributed by atoms with Gasteiger partial charge in [0.15, 0.2) is 0 Å². The number of hydrogen-bond donors (Lipinski definition) is 0. The molecule has 0 amide bonds. The molecule has 2 aromatic rings. The highest BCUT2D eigenvalue weighted by Gasteiger charge is 2.25. The molecule has 1 fully saturated rings. The summed E-state index contributed by atoms with van der Waals surface area (Å²) in [5.41, 5.74) is 2.10. The molecule has 1 aromatic heterocycles. The topological polar surface area (TPSA) is 58.4 Å². The molecule has 118 valence electrons. The molecule has 0 N–H and O–H groups in total. The number of rotatable bonds is 3. The van der Waals surface area contributed by atoms with Gasteiger partial charge < -0.3 is 14.4 Å². The van der Waals surface area contributed by atoms with Crippen molar-refractivity contribution in [3.8, 4) is 11.9 Å². The van der Waals surface area contributed by atoms with Crippen LogP contribution >= 0.6 is 0 Å². The highest BCUT2D eigenvalue weighted by molar-refractivity contribution is 5.63. The normalized spacial score (nSPS) is 17.6. The number of anilines is 1. The minimum atomic E-state index is -0.271. The van der Waals surface area contributed by atoms with Crippen LogP contribution in [-0.2, 0) is 4.74 Å². The van der Waals surface area contributed by atoms with Crippen LogP contribution in [0.25, 0.3) is 0 Å². The van der Waals surface area contributed by atoms with Gasteiger partial charge in [0.2, 0.25) is 5.88 Å². The van der Waals surface area contributed by atoms with Crippen LogP contribution in [0.1, 0.15) is 17.2 Å². The molecule has 0 spiro atoms. The maximum absolute atomic E-state index is 13.1. The first kappa shape index (κ1) is 15.3. The Bertz CT molecular complexity index is 728. The van der Waals surface area contributed by atoms with E-state index in [4.69, 9.17) is 9.47 Å². The van der Waals surface area contributed by atoms with Gasteiger partial charge in [-0.15, -0.1) is 0 Å². The van der Waals surface area contributed by atoms with Crippen molar-refractivity contribution in [2.45, 2.75) is 6.10 Å². The van der Waals surface area contributed by atoms with E-state index in [9.17, 15) is 9.65 Å². The Morgan fingerprint density at radius 3 is 2.83 bits per heavy atom. The molecule has 0 aliphatic carbocycles. The number of benzene rings is 1. The van der Waals surface area contributed by atoms with Crippen molar-refractivity contribution in [2.24, 2.45) is 0 Å². The molecular formula is C17H16FN3O2. The van der Waals surface area contributed by atoms with Gasteiger partial charge in [-0.3, -0.25) is 0 Å². The lowest BCUT2D eigenvalue weighted by Gasteiger charge is -2.35. The lowest BCUT2D eigenvalue weighted by atomic mass is 10.1. The van der Waals surface area contributed by atoms with Crippen molar-refractivity contribution in [1.82, 2.24) is 4.98 Å². The first-order valence-corrected chi connectivity index (χ1v) is 7.28. The van der Waals surface area contributed by atoms with Crippen LogP contribution in [0.15, 0.2) is 36.5 Å². The van der Waals surface area contributed by atoms with Crippen LogP contribution in [0, 0.1) is 17.1 Å². The van der Waals surface area contributed by atoms with Crippen LogP contribution in [-0.4, -0.2) is 31.8 Å². The highest BCUT2D eigenvalue weighted by Crippen LogP contribution is 2.31. The molecule has 6 heteroatoms. The van der Waals surface area contributed by atoms with E-state index < -0.39 is 0 Å². The summed E-state index contributed by atoms with van der Waals surface area (Å²) in [5, 5.41) is 9.40. The Hall–Kier alpha value is -2.65. The third-order valence-electron chi connectivity index (χ3n) is 3.85. The van der Waals surface area contributed by atoms with E-state index in [1.165, 1.54) is 19.2 Å². The molecule has 0 bridgehead atoms. The van der Waals surface area contributed by atoms with Crippen LogP contribution < -0.4 is 9.64 Å². The Labute approximate surface area is 133 Å². The van der Waals surface area contributed by atoms with Gasteiger partial charge in [-0.25, -0.2) is 9.37 Å². The summed E-state index contributed by atoms with van der Waals surface area (Å²) >= 11 is 0. The van der Waals surface area contributed by atoms with Crippen LogP contribution in [0.3, 0.4) is 0 Å². The van der Waals surface area contributed by atoms with Gasteiger partial charge in [0.1, 0.15) is 23.6 Å². The smallest absolute Gasteiger partial charge is 0.233 e. The number of morpholine rings is 1. The lowest BCUT2D eigenvalue weighted by Crippen LogP contribution is -2.38. The number of halogens is 1. The first-order chi connectivity index (χ1) is 11.2. The molecule has 5 nitrogen and oxygen atoms in total. The van der Waals surface area contributed by atoms with Gasteiger partial charge >= 0.3 is 0 Å². The average molecular weight is 313 g/mol. The van der Waals surface area contributed by atoms with Crippen molar-refractivity contribution in [1.29, 1.82) is 5.26 Å². The maximum Gasteiger partial charge on any atom is 0.233 e. The van der Waals surface area contributed by atoms with E-state index in [0.29, 0.717) is 31.1 Å². The summed E-state index contributed by atoms with van der Waals surface area (Å²) in [7, 11) is 1.49. The fraction of sp³-hybridized carbons (Fsp3) is 0.294. The average Bonchev–Trinajstić information content (AvgIpc) is 2.61. The van der Waals surface area contributed by atoms with E-state index in [1.54, 1.807) is 24.4 Å². The predicted molar refractivity (Wildman–Crippen MR) is 82.8 cm³/mol. The summed E-state index contributed by atoms with van der Waals surface area (Å²) in [5.74, 6) is 0.0434. The molecule has 1 aliphatic rings. The van der Waals surface area contributed by atoms with Crippen molar-refractivity contribution in [3.63, 3.8) is 0 Å². The Balaban J connectivity index is 1.87. The summed E-state index contributed by atoms with van der Waals surface area (Å²) in [4.78, 5) is 6.14. The molecule has 1 unspecified atom stereocenters. The largest absolute Gasteiger partial charge is 0.480 e. The van der Waals surface area contributed by atoms with Crippen molar-refractivity contribution in [2.75, 3.05) is 31.7 Å². The lowest BCUT2D eigenvalue weighted by molar-refractivity contribution is 0.0397. The zero-order valence-electron chi connectivity index (χ0n) is 12.7. The number of ether oxygens (including phenoxy) is 2. The second-order valence-corrected chi connectivity index (χ2v) is 5.18. The summed E-state index contributed by atoms with van der Waals surface area (Å²) in [6.07, 6.45) is 1.45. The number of hydrogen-bond acceptors (Lipinski definition) is 5. The molecule has 1 saturated heterocycles. The number of methoxy groups -OCH3 is 1. The van der Waals surface area contributed by atoms with E-state index >= 15 is 0 Å². The molecule has 3 rings (SSSR count). The quantitative estimate of drug-likeness (QED) is 0.872. The SMILES string of the molecule is COc1nccc(N2CCOC(c3ccc(F)cc3)C2)c1C#N. The number of pyridine rings is 1. The minimum absolute atomic E-state index is 0.171. The molecule has 23 heavy (non-hydrogen) atoms. The molecule has 1 aromatic carbocycles. The van der Waals surface area contributed by atoms with Crippen molar-refractivity contribution >= 4 is 5.69 Å². The zero-order chi connectivity index (χ0) is 16.2. The highest BCUT2D eigenvalue weighted by atomic mass is 19.1. The second kappa shape index (κ2) is 6.63. The minimum Gasteiger partial charge on any atom is -0.480 e. The zero-order valence-corrected chi connectivity index (χ0v) is 12.7. The Kier molecular flexibility index (Phi) is 4.40. The van der Waals surface area contributed by atoms with E-state index in [1.807, 2.05) is 0 Å². The maximum atomic E-state index is 13.1. The van der Waals surface area contributed by atoms with Gasteiger partial charge in [0.25, 0.3) is 0 Å². The second-order valence-electron chi connectivity index (χ2n) is 5.18. The van der Waals surface area contributed by atoms with Crippen molar-refractivity contribution < 1.29 is 13.9 Å². The summed E-state index contributed by atoms with van der Waals surface area (Å²) in [6, 6.07) is 10.3. The number of aromatic nitrogens is 1. The third-order valence-corrected chi connectivity index (χ3v) is 3.85. The summed E-state index contributed by atoms with van der Waals surface area (Å²) in [6.45, 7) is 1.77. The predicted octanol–water partition coefficient (Wildman–Crippen LogP) is 2.68. The van der Waals surface area contributed by atoms with Gasteiger partial charge in [0.05, 0.1) is 19.4 Å². The van der Waals surface area contributed by atoms with Crippen LogP contribution in [0.5, 0.6) is 5.88 Å². The van der Waals surface area contributed by atoms with Crippen molar-refractivity contribution in [3.05, 3.63) is 53.5 Å². The monoisotopic (exact) mass is 313 g/mol. The van der Waals surface area contributed by atoms with Gasteiger partial charge in [0, 0.05) is 19.3 Å². The van der Waals surface area contributed by atoms with E-state index in [-0.39, 0.29) is 11.9 Å². The molecule has 0 saturated carbocycles. The number of nitrogens with zero attached hydrogens (tertiary/aromatic N) is 3. The summed E-state index contributed by atoms with van der Waals surface area (Å²) < 4.78 is 24.0. The molecule has 2 heterocycles. The van der Waals surface area contributed by atoms with Gasteiger partial charge in [-0.1, -0.05) is 12.1 Å². The van der Waals surface area contributed by atoms with Crippen LogP contribution in [0.4, 0.5) is 10.1 Å². The molecule has 1 atom stereocenters. The molecular weight excluding hydrogens is 297 g/mol. The standard InChI is InChI=1S/C17H16FN3O2/c1-22-17-14(10-19)15(6-7-20-17)21-8-9-23-16(11-21)12-2-4-13(18)5-3-12/h2-7,16H,8-9,11H2,1H3. The van der Waals surface area contributed by atoms with E-state index in [2.05, 4.69) is 16.0 Å². The van der Waals surface area contributed by atoms with Gasteiger partial charge in [-0.2, -0.15) is 5.26 Å². The Morgan fingerprint density at radius 1 is 1.35 bits per heavy atom. The van der Waals surface area contributed by atoms with Crippen LogP contribution in [0.2, 0.25) is 0 Å². The third kappa shape index (κ3) is 3.10. The number of nitriles is 1. The van der Waals surface area contributed by atoms with E-state index in [0.717, 1.165) is 11.3 Å². The fourth-order valence-electron chi connectivity index (χ4n) is 2.70. The molecule has 1 aliphatic heterocycles. The fourth-order valence-corrected chi connectivity index (χ4v) is 2.70.